The second-order valence-electron chi connectivity index (χ2n) is 4.46. The smallest absolute Gasteiger partial charge is 0.123 e. The van der Waals surface area contributed by atoms with E-state index in [-0.39, 0.29) is 5.82 Å². The van der Waals surface area contributed by atoms with Gasteiger partial charge in [0.25, 0.3) is 0 Å². The van der Waals surface area contributed by atoms with Crippen LogP contribution in [0.15, 0.2) is 48.5 Å². The first-order valence-corrected chi connectivity index (χ1v) is 6.43. The van der Waals surface area contributed by atoms with Gasteiger partial charge in [0.15, 0.2) is 0 Å². The summed E-state index contributed by atoms with van der Waals surface area (Å²) in [6.45, 7) is 4.43. The van der Waals surface area contributed by atoms with Crippen LogP contribution < -0.4 is 4.90 Å². The molecule has 0 radical (unpaired) electrons. The van der Waals surface area contributed by atoms with Crippen LogP contribution in [0.2, 0.25) is 0 Å². The molecule has 19 heavy (non-hydrogen) atoms. The lowest BCUT2D eigenvalue weighted by Crippen LogP contribution is -2.18. The summed E-state index contributed by atoms with van der Waals surface area (Å²) < 4.78 is 13.3. The zero-order valence-electron chi connectivity index (χ0n) is 11.2. The van der Waals surface area contributed by atoms with Crippen molar-refractivity contribution in [3.05, 3.63) is 59.9 Å². The highest BCUT2D eigenvalue weighted by Crippen LogP contribution is 2.32. The molecule has 0 aliphatic heterocycles. The molecule has 100 valence electrons. The Morgan fingerprint density at radius 3 is 2.42 bits per heavy atom. The van der Waals surface area contributed by atoms with Crippen LogP contribution in [0.3, 0.4) is 0 Å². The van der Waals surface area contributed by atoms with Crippen LogP contribution in [-0.2, 0) is 0 Å². The van der Waals surface area contributed by atoms with Gasteiger partial charge in [-0.25, -0.2) is 4.39 Å². The molecule has 0 aromatic heterocycles. The summed E-state index contributed by atoms with van der Waals surface area (Å²) in [4.78, 5) is 2.06. The van der Waals surface area contributed by atoms with Crippen LogP contribution >= 0.6 is 0 Å². The van der Waals surface area contributed by atoms with Gasteiger partial charge in [-0.15, -0.1) is 0 Å². The normalized spacial score (nSPS) is 12.2. The van der Waals surface area contributed by atoms with E-state index in [9.17, 15) is 9.50 Å². The Kier molecular flexibility index (Phi) is 4.17. The standard InChI is InChI=1S/C16H18FNO/c1-3-18(14-7-5-4-6-8-14)16-10-9-13(17)11-15(16)12(2)19/h4-12,19H,3H2,1-2H3/t12-/m1/s1. The summed E-state index contributed by atoms with van der Waals surface area (Å²) in [7, 11) is 0. The van der Waals surface area contributed by atoms with E-state index >= 15 is 0 Å². The molecule has 1 atom stereocenters. The van der Waals surface area contributed by atoms with Gasteiger partial charge in [-0.1, -0.05) is 18.2 Å². The Labute approximate surface area is 113 Å². The number of hydrogen-bond acceptors (Lipinski definition) is 2. The Hall–Kier alpha value is -1.87. The summed E-state index contributed by atoms with van der Waals surface area (Å²) in [6.07, 6.45) is -0.705. The van der Waals surface area contributed by atoms with Crippen LogP contribution in [0.25, 0.3) is 0 Å². The SMILES string of the molecule is CCN(c1ccccc1)c1ccc(F)cc1[C@@H](C)O. The van der Waals surface area contributed by atoms with Crippen LogP contribution in [0.5, 0.6) is 0 Å². The van der Waals surface area contributed by atoms with E-state index in [4.69, 9.17) is 0 Å². The van der Waals surface area contributed by atoms with Crippen molar-refractivity contribution in [3.63, 3.8) is 0 Å². The van der Waals surface area contributed by atoms with E-state index < -0.39 is 6.10 Å². The van der Waals surface area contributed by atoms with Gasteiger partial charge in [0.2, 0.25) is 0 Å². The largest absolute Gasteiger partial charge is 0.389 e. The number of benzene rings is 2. The molecule has 0 bridgehead atoms. The number of halogens is 1. The molecule has 0 unspecified atom stereocenters. The molecule has 0 heterocycles. The number of anilines is 2. The first-order valence-electron chi connectivity index (χ1n) is 6.43. The topological polar surface area (TPSA) is 23.5 Å². The maximum absolute atomic E-state index is 13.3. The Bertz CT molecular complexity index is 540. The summed E-state index contributed by atoms with van der Waals surface area (Å²) in [5.74, 6) is -0.330. The van der Waals surface area contributed by atoms with Crippen molar-refractivity contribution in [3.8, 4) is 0 Å². The third-order valence-electron chi connectivity index (χ3n) is 3.11. The molecule has 0 amide bonds. The Morgan fingerprint density at radius 1 is 1.16 bits per heavy atom. The zero-order valence-corrected chi connectivity index (χ0v) is 11.2. The van der Waals surface area contributed by atoms with Crippen LogP contribution in [0, 0.1) is 5.82 Å². The molecule has 3 heteroatoms. The van der Waals surface area contributed by atoms with Crippen molar-refractivity contribution < 1.29 is 9.50 Å². The molecule has 2 aromatic carbocycles. The Morgan fingerprint density at radius 2 is 1.84 bits per heavy atom. The van der Waals surface area contributed by atoms with Gasteiger partial charge < -0.3 is 10.0 Å². The van der Waals surface area contributed by atoms with Gasteiger partial charge in [-0.05, 0) is 44.2 Å². The quantitative estimate of drug-likeness (QED) is 0.895. The highest BCUT2D eigenvalue weighted by atomic mass is 19.1. The maximum atomic E-state index is 13.3. The number of aliphatic hydroxyl groups excluding tert-OH is 1. The molecular formula is C16H18FNO. The fraction of sp³-hybridized carbons (Fsp3) is 0.250. The van der Waals surface area contributed by atoms with Crippen LogP contribution in [0.1, 0.15) is 25.5 Å². The van der Waals surface area contributed by atoms with Crippen molar-refractivity contribution in [1.82, 2.24) is 0 Å². The van der Waals surface area contributed by atoms with E-state index in [0.29, 0.717) is 5.56 Å². The van der Waals surface area contributed by atoms with Gasteiger partial charge in [0.1, 0.15) is 5.82 Å². The number of hydrogen-bond donors (Lipinski definition) is 1. The molecule has 2 nitrogen and oxygen atoms in total. The van der Waals surface area contributed by atoms with Crippen molar-refractivity contribution in [2.45, 2.75) is 20.0 Å². The van der Waals surface area contributed by atoms with Gasteiger partial charge in [-0.3, -0.25) is 0 Å². The number of para-hydroxylation sites is 1. The molecular weight excluding hydrogens is 241 g/mol. The third-order valence-corrected chi connectivity index (χ3v) is 3.11. The lowest BCUT2D eigenvalue weighted by molar-refractivity contribution is 0.199. The summed E-state index contributed by atoms with van der Waals surface area (Å²) in [5.41, 5.74) is 2.47. The van der Waals surface area contributed by atoms with E-state index in [2.05, 4.69) is 4.90 Å². The summed E-state index contributed by atoms with van der Waals surface area (Å²) in [5, 5.41) is 9.83. The maximum Gasteiger partial charge on any atom is 0.123 e. The lowest BCUT2D eigenvalue weighted by Gasteiger charge is -2.26. The van der Waals surface area contributed by atoms with Gasteiger partial charge >= 0.3 is 0 Å². The third kappa shape index (κ3) is 2.93. The molecule has 0 fully saturated rings. The molecule has 0 saturated carbocycles. The molecule has 0 saturated heterocycles. The fourth-order valence-electron chi connectivity index (χ4n) is 2.21. The van der Waals surface area contributed by atoms with Crippen LogP contribution in [-0.4, -0.2) is 11.7 Å². The van der Waals surface area contributed by atoms with Crippen molar-refractivity contribution in [2.75, 3.05) is 11.4 Å². The first-order chi connectivity index (χ1) is 9.13. The molecule has 0 spiro atoms. The van der Waals surface area contributed by atoms with Crippen molar-refractivity contribution >= 4 is 11.4 Å². The second kappa shape index (κ2) is 5.85. The lowest BCUT2D eigenvalue weighted by atomic mass is 10.1. The number of nitrogens with zero attached hydrogens (tertiary/aromatic N) is 1. The molecule has 2 aromatic rings. The zero-order chi connectivity index (χ0) is 13.8. The average molecular weight is 259 g/mol. The highest BCUT2D eigenvalue weighted by molar-refractivity contribution is 5.66. The minimum absolute atomic E-state index is 0.330. The van der Waals surface area contributed by atoms with Crippen molar-refractivity contribution in [2.24, 2.45) is 0 Å². The minimum atomic E-state index is -0.705. The minimum Gasteiger partial charge on any atom is -0.389 e. The van der Waals surface area contributed by atoms with Gasteiger partial charge in [-0.2, -0.15) is 0 Å². The average Bonchev–Trinajstić information content (AvgIpc) is 2.42. The summed E-state index contributed by atoms with van der Waals surface area (Å²) >= 11 is 0. The number of aliphatic hydroxyl groups is 1. The number of rotatable bonds is 4. The predicted molar refractivity (Wildman–Crippen MR) is 76.2 cm³/mol. The van der Waals surface area contributed by atoms with E-state index in [1.54, 1.807) is 13.0 Å². The van der Waals surface area contributed by atoms with Gasteiger partial charge in [0, 0.05) is 23.5 Å². The monoisotopic (exact) mass is 259 g/mol. The van der Waals surface area contributed by atoms with Crippen molar-refractivity contribution in [1.29, 1.82) is 0 Å². The van der Waals surface area contributed by atoms with E-state index in [1.807, 2.05) is 37.3 Å². The first kappa shape index (κ1) is 13.6. The predicted octanol–water partition coefficient (Wildman–Crippen LogP) is 4.04. The van der Waals surface area contributed by atoms with E-state index in [0.717, 1.165) is 17.9 Å². The van der Waals surface area contributed by atoms with Crippen LogP contribution in [0.4, 0.5) is 15.8 Å². The molecule has 0 aliphatic carbocycles. The molecule has 0 aliphatic rings. The molecule has 2 rings (SSSR count). The second-order valence-corrected chi connectivity index (χ2v) is 4.46. The van der Waals surface area contributed by atoms with E-state index in [1.165, 1.54) is 12.1 Å². The van der Waals surface area contributed by atoms with Gasteiger partial charge in [0.05, 0.1) is 6.10 Å². The summed E-state index contributed by atoms with van der Waals surface area (Å²) in [6, 6.07) is 14.4. The fourth-order valence-corrected chi connectivity index (χ4v) is 2.21. The Balaban J connectivity index is 2.50. The highest BCUT2D eigenvalue weighted by Gasteiger charge is 2.15. The molecule has 1 N–H and O–H groups in total.